The van der Waals surface area contributed by atoms with Crippen LogP contribution in [0.2, 0.25) is 0 Å². The molecule has 0 radical (unpaired) electrons. The van der Waals surface area contributed by atoms with Crippen molar-refractivity contribution >= 4 is 24.3 Å². The first-order valence-electron chi connectivity index (χ1n) is 7.99. The molecule has 1 aliphatic heterocycles. The zero-order valence-electron chi connectivity index (χ0n) is 13.8. The second-order valence-electron chi connectivity index (χ2n) is 6.21. The molecule has 2 aromatic rings. The molecule has 0 spiro atoms. The Labute approximate surface area is 140 Å². The summed E-state index contributed by atoms with van der Waals surface area (Å²) in [5, 5.41) is 0.929. The van der Waals surface area contributed by atoms with Crippen LogP contribution in [0.1, 0.15) is 19.8 Å². The van der Waals surface area contributed by atoms with E-state index in [9.17, 15) is 14.4 Å². The molecule has 0 bridgehead atoms. The number of piperidine rings is 1. The molecule has 7 nitrogen and oxygen atoms in total. The predicted octanol–water partition coefficient (Wildman–Crippen LogP) is 2.42. The third-order valence-electron chi connectivity index (χ3n) is 4.88. The van der Waals surface area contributed by atoms with Crippen LogP contribution < -0.4 is 9.64 Å². The van der Waals surface area contributed by atoms with Crippen LogP contribution in [0.15, 0.2) is 24.5 Å². The molecule has 1 aromatic heterocycles. The molecule has 2 heterocycles. The molecule has 1 aliphatic rings. The maximum Gasteiger partial charge on any atom is 0.328 e. The number of hydrogen-bond donors (Lipinski definition) is 2. The van der Waals surface area contributed by atoms with Gasteiger partial charge in [-0.15, -0.1) is 0 Å². The highest BCUT2D eigenvalue weighted by Gasteiger charge is 2.34. The lowest BCUT2D eigenvalue weighted by Crippen LogP contribution is -2.37. The van der Waals surface area contributed by atoms with Crippen molar-refractivity contribution < 1.29 is 19.1 Å². The van der Waals surface area contributed by atoms with Gasteiger partial charge in [-0.2, -0.15) is 0 Å². The van der Waals surface area contributed by atoms with E-state index in [4.69, 9.17) is 4.74 Å². The number of anilines is 1. The number of aromatic nitrogens is 2. The van der Waals surface area contributed by atoms with E-state index >= 15 is 0 Å². The lowest BCUT2D eigenvalue weighted by Gasteiger charge is -2.35. The molecule has 1 saturated heterocycles. The minimum atomic E-state index is -4.03. The van der Waals surface area contributed by atoms with Gasteiger partial charge in [0.25, 0.3) is 0 Å². The molecule has 1 fully saturated rings. The highest BCUT2D eigenvalue weighted by atomic mass is 31.2. The molecule has 3 rings (SSSR count). The van der Waals surface area contributed by atoms with Gasteiger partial charge in [0.2, 0.25) is 0 Å². The fourth-order valence-corrected chi connectivity index (χ4v) is 4.18. The lowest BCUT2D eigenvalue weighted by atomic mass is 9.94. The Morgan fingerprint density at radius 3 is 2.62 bits per heavy atom. The molecule has 130 valence electrons. The van der Waals surface area contributed by atoms with Gasteiger partial charge < -0.3 is 19.4 Å². The maximum atomic E-state index is 11.5. The molecule has 0 aliphatic carbocycles. The van der Waals surface area contributed by atoms with Crippen molar-refractivity contribution in [3.8, 4) is 5.75 Å². The second-order valence-corrected chi connectivity index (χ2v) is 8.20. The molecule has 1 aromatic carbocycles. The zero-order chi connectivity index (χ0) is 17.3. The number of fused-ring (bicyclic) bond motifs is 1. The van der Waals surface area contributed by atoms with E-state index in [0.29, 0.717) is 5.75 Å². The van der Waals surface area contributed by atoms with Gasteiger partial charge in [-0.3, -0.25) is 4.57 Å². The van der Waals surface area contributed by atoms with Gasteiger partial charge in [-0.05, 0) is 30.9 Å². The summed E-state index contributed by atoms with van der Waals surface area (Å²) in [5.74, 6) is 1.59. The average Bonchev–Trinajstić information content (AvgIpc) is 2.59. The first-order valence-corrected chi connectivity index (χ1v) is 9.68. The number of hydrogen-bond acceptors (Lipinski definition) is 5. The Balaban J connectivity index is 1.83. The molecule has 0 saturated carbocycles. The highest BCUT2D eigenvalue weighted by molar-refractivity contribution is 7.52. The Morgan fingerprint density at radius 2 is 2.00 bits per heavy atom. The van der Waals surface area contributed by atoms with Crippen LogP contribution in [0.25, 0.3) is 10.9 Å². The van der Waals surface area contributed by atoms with Crippen LogP contribution in [-0.4, -0.2) is 45.6 Å². The molecular weight excluding hydrogens is 329 g/mol. The largest absolute Gasteiger partial charge is 0.494 e. The summed E-state index contributed by atoms with van der Waals surface area (Å²) in [5.41, 5.74) is 0.178. The Hall–Kier alpha value is -1.69. The molecule has 1 atom stereocenters. The van der Waals surface area contributed by atoms with E-state index in [-0.39, 0.29) is 5.92 Å². The average molecular weight is 351 g/mol. The molecular formula is C16H22N3O4P. The van der Waals surface area contributed by atoms with Crippen molar-refractivity contribution in [3.63, 3.8) is 0 Å². The second kappa shape index (κ2) is 6.67. The van der Waals surface area contributed by atoms with Crippen molar-refractivity contribution in [1.29, 1.82) is 0 Å². The number of benzene rings is 1. The SMILES string of the molecule is COc1cccc2c(N3CCC(C(C)P(=O)(O)O)CC3)ncnc12. The van der Waals surface area contributed by atoms with Crippen molar-refractivity contribution in [3.05, 3.63) is 24.5 Å². The number of rotatable bonds is 4. The third-order valence-corrected chi connectivity index (χ3v) is 6.36. The Morgan fingerprint density at radius 1 is 1.29 bits per heavy atom. The molecule has 1 unspecified atom stereocenters. The van der Waals surface area contributed by atoms with E-state index < -0.39 is 13.3 Å². The van der Waals surface area contributed by atoms with Gasteiger partial charge in [0.1, 0.15) is 23.4 Å². The standard InChI is InChI=1S/C16H22N3O4P/c1-11(24(20,21)22)12-6-8-19(9-7-12)16-13-4-3-5-14(23-2)15(13)17-10-18-16/h3-5,10-12H,6-9H2,1-2H3,(H2,20,21,22). The lowest BCUT2D eigenvalue weighted by molar-refractivity contribution is 0.315. The van der Waals surface area contributed by atoms with Gasteiger partial charge >= 0.3 is 7.60 Å². The van der Waals surface area contributed by atoms with Crippen molar-refractivity contribution in [2.45, 2.75) is 25.4 Å². The summed E-state index contributed by atoms with van der Waals surface area (Å²) in [6, 6.07) is 5.75. The van der Waals surface area contributed by atoms with Gasteiger partial charge in [0.05, 0.1) is 12.8 Å². The zero-order valence-corrected chi connectivity index (χ0v) is 14.7. The smallest absolute Gasteiger partial charge is 0.328 e. The normalized spacial score (nSPS) is 17.9. The van der Waals surface area contributed by atoms with E-state index in [1.54, 1.807) is 14.0 Å². The Kier molecular flexibility index (Phi) is 4.76. The first kappa shape index (κ1) is 17.1. The van der Waals surface area contributed by atoms with E-state index in [1.807, 2.05) is 18.2 Å². The number of methoxy groups -OCH3 is 1. The number of ether oxygens (including phenoxy) is 1. The van der Waals surface area contributed by atoms with Crippen LogP contribution in [0.5, 0.6) is 5.75 Å². The summed E-state index contributed by atoms with van der Waals surface area (Å²) < 4.78 is 16.8. The van der Waals surface area contributed by atoms with Crippen LogP contribution in [0.4, 0.5) is 5.82 Å². The van der Waals surface area contributed by atoms with Gasteiger partial charge in [-0.1, -0.05) is 13.0 Å². The van der Waals surface area contributed by atoms with Crippen LogP contribution in [0, 0.1) is 5.92 Å². The quantitative estimate of drug-likeness (QED) is 0.817. The topological polar surface area (TPSA) is 95.8 Å². The Bertz CT molecular complexity index is 771. The fourth-order valence-electron chi connectivity index (χ4n) is 3.33. The molecule has 8 heteroatoms. The van der Waals surface area contributed by atoms with Crippen molar-refractivity contribution in [2.24, 2.45) is 5.92 Å². The number of para-hydroxylation sites is 1. The summed E-state index contributed by atoms with van der Waals surface area (Å²) in [7, 11) is -2.41. The van der Waals surface area contributed by atoms with Crippen molar-refractivity contribution in [1.82, 2.24) is 9.97 Å². The maximum absolute atomic E-state index is 11.5. The van der Waals surface area contributed by atoms with E-state index in [1.165, 1.54) is 6.33 Å². The molecule has 2 N–H and O–H groups in total. The summed E-state index contributed by atoms with van der Waals surface area (Å²) >= 11 is 0. The van der Waals surface area contributed by atoms with Crippen LogP contribution in [-0.2, 0) is 4.57 Å². The fraction of sp³-hybridized carbons (Fsp3) is 0.500. The first-order chi connectivity index (χ1) is 11.4. The summed E-state index contributed by atoms with van der Waals surface area (Å²) in [6.45, 7) is 3.09. The van der Waals surface area contributed by atoms with Gasteiger partial charge in [0, 0.05) is 18.5 Å². The number of nitrogens with zero attached hydrogens (tertiary/aromatic N) is 3. The monoisotopic (exact) mass is 351 g/mol. The van der Waals surface area contributed by atoms with Gasteiger partial charge in [-0.25, -0.2) is 9.97 Å². The van der Waals surface area contributed by atoms with Gasteiger partial charge in [0.15, 0.2) is 0 Å². The molecule has 0 amide bonds. The molecule has 24 heavy (non-hydrogen) atoms. The van der Waals surface area contributed by atoms with E-state index in [0.717, 1.165) is 42.7 Å². The summed E-state index contributed by atoms with van der Waals surface area (Å²) in [6.07, 6.45) is 3.01. The minimum Gasteiger partial charge on any atom is -0.494 e. The van der Waals surface area contributed by atoms with Crippen LogP contribution in [0.3, 0.4) is 0 Å². The predicted molar refractivity (Wildman–Crippen MR) is 92.5 cm³/mol. The van der Waals surface area contributed by atoms with Crippen LogP contribution >= 0.6 is 7.60 Å². The summed E-state index contributed by atoms with van der Waals surface area (Å²) in [4.78, 5) is 29.7. The highest BCUT2D eigenvalue weighted by Crippen LogP contribution is 2.47. The third kappa shape index (κ3) is 3.24. The minimum absolute atomic E-state index is 0.0321. The van der Waals surface area contributed by atoms with Crippen molar-refractivity contribution in [2.75, 3.05) is 25.1 Å². The van der Waals surface area contributed by atoms with E-state index in [2.05, 4.69) is 14.9 Å².